The maximum absolute atomic E-state index is 13.7. The zero-order chi connectivity index (χ0) is 27.7. The molecule has 2 aromatic carbocycles. The molecule has 1 N–H and O–H groups in total. The van der Waals surface area contributed by atoms with Crippen molar-refractivity contribution < 1.29 is 31.1 Å². The summed E-state index contributed by atoms with van der Waals surface area (Å²) in [6, 6.07) is 11.1. The van der Waals surface area contributed by atoms with Crippen LogP contribution in [0.25, 0.3) is 0 Å². The van der Waals surface area contributed by atoms with E-state index in [0.717, 1.165) is 0 Å². The van der Waals surface area contributed by atoms with Crippen LogP contribution in [0.4, 0.5) is 23.2 Å². The number of halogens is 4. The molecule has 204 valence electrons. The molecule has 4 rings (SSSR count). The Kier molecular flexibility index (Phi) is 8.39. The molecule has 0 saturated carbocycles. The number of piperazine rings is 1. The van der Waals surface area contributed by atoms with Crippen molar-refractivity contribution in [2.75, 3.05) is 30.3 Å². The molecule has 0 spiro atoms. The Balaban J connectivity index is 1.61. The number of allylic oxidation sites excluding steroid dienone is 4. The summed E-state index contributed by atoms with van der Waals surface area (Å²) in [5, 5.41) is 10.0. The number of benzene rings is 2. The van der Waals surface area contributed by atoms with E-state index in [2.05, 4.69) is 0 Å². The highest BCUT2D eigenvalue weighted by molar-refractivity contribution is 7.99. The predicted molar refractivity (Wildman–Crippen MR) is 145 cm³/mol. The first kappa shape index (κ1) is 28.8. The predicted octanol–water partition coefficient (Wildman–Crippen LogP) is 5.42. The normalized spacial score (nSPS) is 20.8. The second-order valence-electron chi connectivity index (χ2n) is 9.18. The minimum Gasteiger partial charge on any atom is -0.376 e. The van der Waals surface area contributed by atoms with E-state index in [1.165, 1.54) is 58.5 Å². The maximum atomic E-state index is 13.7. The van der Waals surface area contributed by atoms with Crippen molar-refractivity contribution in [3.63, 3.8) is 0 Å². The second kappa shape index (κ2) is 11.1. The Bertz CT molecular complexity index is 1360. The SMILES string of the molecule is C[C@](O)(c1ccc(N2CCN(S(=O)(=O)C3=CC=CCC3=S)C[C@@H]2CSc2cccc(F)c2)cc1)C(F)(F)F. The minimum absolute atomic E-state index is 0.0960. The minimum atomic E-state index is -4.85. The summed E-state index contributed by atoms with van der Waals surface area (Å²) in [5.74, 6) is -0.00114. The molecule has 0 unspecified atom stereocenters. The number of hydrogen-bond acceptors (Lipinski definition) is 6. The van der Waals surface area contributed by atoms with Gasteiger partial charge in [0.05, 0.1) is 10.9 Å². The van der Waals surface area contributed by atoms with E-state index in [1.807, 2.05) is 4.90 Å². The van der Waals surface area contributed by atoms with Gasteiger partial charge in [0.1, 0.15) is 5.82 Å². The first-order chi connectivity index (χ1) is 17.8. The largest absolute Gasteiger partial charge is 0.421 e. The number of hydrogen-bond donors (Lipinski definition) is 1. The van der Waals surface area contributed by atoms with Crippen LogP contribution in [-0.2, 0) is 15.6 Å². The van der Waals surface area contributed by atoms with Gasteiger partial charge in [-0.3, -0.25) is 0 Å². The van der Waals surface area contributed by atoms with E-state index in [1.54, 1.807) is 24.3 Å². The van der Waals surface area contributed by atoms with Crippen molar-refractivity contribution in [1.82, 2.24) is 4.31 Å². The zero-order valence-electron chi connectivity index (χ0n) is 20.4. The monoisotopic (exact) mass is 586 g/mol. The number of thiocarbonyl (C=S) groups is 1. The number of alkyl halides is 3. The van der Waals surface area contributed by atoms with Gasteiger partial charge in [0.2, 0.25) is 10.0 Å². The lowest BCUT2D eigenvalue weighted by Crippen LogP contribution is -2.56. The van der Waals surface area contributed by atoms with Gasteiger partial charge >= 0.3 is 6.18 Å². The van der Waals surface area contributed by atoms with Crippen molar-refractivity contribution in [3.8, 4) is 0 Å². The Hall–Kier alpha value is -2.25. The quantitative estimate of drug-likeness (QED) is 0.266. The van der Waals surface area contributed by atoms with Gasteiger partial charge in [0, 0.05) is 47.3 Å². The van der Waals surface area contributed by atoms with Crippen molar-refractivity contribution in [1.29, 1.82) is 0 Å². The molecule has 1 aliphatic carbocycles. The molecule has 12 heteroatoms. The fourth-order valence-electron chi connectivity index (χ4n) is 4.31. The molecular weight excluding hydrogens is 560 g/mol. The van der Waals surface area contributed by atoms with Crippen molar-refractivity contribution in [3.05, 3.63) is 83.0 Å². The van der Waals surface area contributed by atoms with Gasteiger partial charge in [-0.2, -0.15) is 17.5 Å². The summed E-state index contributed by atoms with van der Waals surface area (Å²) >= 11 is 6.65. The third-order valence-corrected chi connectivity index (χ3v) is 10.2. The lowest BCUT2D eigenvalue weighted by atomic mass is 9.95. The summed E-state index contributed by atoms with van der Waals surface area (Å²) in [4.78, 5) is 3.03. The van der Waals surface area contributed by atoms with E-state index >= 15 is 0 Å². The second-order valence-corrected chi connectivity index (χ2v) is 12.7. The molecule has 0 bridgehead atoms. The van der Waals surface area contributed by atoms with Gasteiger partial charge in [0.15, 0.2) is 5.60 Å². The number of thioether (sulfide) groups is 1. The van der Waals surface area contributed by atoms with Crippen molar-refractivity contribution >= 4 is 44.6 Å². The Morgan fingerprint density at radius 2 is 1.84 bits per heavy atom. The van der Waals surface area contributed by atoms with Crippen LogP contribution in [0.5, 0.6) is 0 Å². The average Bonchev–Trinajstić information content (AvgIpc) is 2.87. The lowest BCUT2D eigenvalue weighted by molar-refractivity contribution is -0.258. The molecule has 38 heavy (non-hydrogen) atoms. The molecule has 5 nitrogen and oxygen atoms in total. The summed E-state index contributed by atoms with van der Waals surface area (Å²) in [6.07, 6.45) is 0.468. The number of aliphatic hydroxyl groups is 1. The van der Waals surface area contributed by atoms with Gasteiger partial charge in [-0.05, 0) is 48.9 Å². The first-order valence-corrected chi connectivity index (χ1v) is 14.6. The lowest BCUT2D eigenvalue weighted by Gasteiger charge is -2.42. The fraction of sp³-hybridized carbons (Fsp3) is 0.346. The molecule has 0 radical (unpaired) electrons. The van der Waals surface area contributed by atoms with E-state index in [9.17, 15) is 31.1 Å². The highest BCUT2D eigenvalue weighted by Gasteiger charge is 2.51. The van der Waals surface area contributed by atoms with Gasteiger partial charge in [-0.15, -0.1) is 11.8 Å². The molecular formula is C26H26F4N2O3S3. The van der Waals surface area contributed by atoms with Gasteiger partial charge in [-0.25, -0.2) is 12.8 Å². The molecule has 1 aliphatic heterocycles. The first-order valence-electron chi connectivity index (χ1n) is 11.8. The molecule has 2 aliphatic rings. The Morgan fingerprint density at radius 3 is 2.47 bits per heavy atom. The van der Waals surface area contributed by atoms with Crippen LogP contribution in [0.15, 0.2) is 76.6 Å². The van der Waals surface area contributed by atoms with Gasteiger partial charge in [0.25, 0.3) is 0 Å². The average molecular weight is 587 g/mol. The van der Waals surface area contributed by atoms with Crippen LogP contribution < -0.4 is 4.90 Å². The van der Waals surface area contributed by atoms with E-state index in [4.69, 9.17) is 12.2 Å². The van der Waals surface area contributed by atoms with E-state index in [-0.39, 0.29) is 36.1 Å². The Labute approximate surface area is 228 Å². The van der Waals surface area contributed by atoms with Gasteiger partial charge < -0.3 is 10.0 Å². The number of sulfonamides is 1. The van der Waals surface area contributed by atoms with Crippen LogP contribution in [0.2, 0.25) is 0 Å². The van der Waals surface area contributed by atoms with Crippen molar-refractivity contribution in [2.24, 2.45) is 0 Å². The molecule has 1 saturated heterocycles. The standard InChI is InChI=1S/C26H26F4N2O3S3/c1-25(33,26(28,29)30)18-9-11-20(12-10-18)32-14-13-31(38(34,35)24-8-3-2-7-23(24)36)16-21(32)17-37-22-6-4-5-19(27)15-22/h2-6,8-12,15,21,33H,7,13-14,16-17H2,1H3/t21-,25+/m1/s1. The summed E-state index contributed by atoms with van der Waals surface area (Å²) in [6.45, 7) is 1.23. The molecule has 0 amide bonds. The zero-order valence-corrected chi connectivity index (χ0v) is 22.8. The number of rotatable bonds is 7. The summed E-state index contributed by atoms with van der Waals surface area (Å²) in [7, 11) is -3.86. The van der Waals surface area contributed by atoms with Crippen LogP contribution in [0.1, 0.15) is 18.9 Å². The fourth-order valence-corrected chi connectivity index (χ4v) is 7.42. The van der Waals surface area contributed by atoms with E-state index in [0.29, 0.717) is 34.5 Å². The Morgan fingerprint density at radius 1 is 1.13 bits per heavy atom. The van der Waals surface area contributed by atoms with Crippen LogP contribution >= 0.6 is 24.0 Å². The smallest absolute Gasteiger partial charge is 0.376 e. The third kappa shape index (κ3) is 5.99. The van der Waals surface area contributed by atoms with E-state index < -0.39 is 27.6 Å². The topological polar surface area (TPSA) is 60.9 Å². The maximum Gasteiger partial charge on any atom is 0.421 e. The molecule has 2 atom stereocenters. The van der Waals surface area contributed by atoms with Crippen LogP contribution in [-0.4, -0.2) is 60.3 Å². The molecule has 2 aromatic rings. The number of nitrogens with zero attached hydrogens (tertiary/aromatic N) is 2. The van der Waals surface area contributed by atoms with Crippen molar-refractivity contribution in [2.45, 2.75) is 36.1 Å². The highest BCUT2D eigenvalue weighted by Crippen LogP contribution is 2.39. The summed E-state index contributed by atoms with van der Waals surface area (Å²) in [5.41, 5.74) is -2.72. The van der Waals surface area contributed by atoms with Gasteiger partial charge in [-0.1, -0.05) is 42.6 Å². The third-order valence-electron chi connectivity index (χ3n) is 6.58. The summed E-state index contributed by atoms with van der Waals surface area (Å²) < 4.78 is 81.8. The highest BCUT2D eigenvalue weighted by atomic mass is 32.2. The molecule has 1 fully saturated rings. The molecule has 1 heterocycles. The molecule has 0 aromatic heterocycles. The van der Waals surface area contributed by atoms with Crippen LogP contribution in [0, 0.1) is 5.82 Å². The van der Waals surface area contributed by atoms with Crippen LogP contribution in [0.3, 0.4) is 0 Å². The number of anilines is 1.